The molecule has 1 aliphatic heterocycles. The first-order valence-electron chi connectivity index (χ1n) is 3.35. The van der Waals surface area contributed by atoms with E-state index in [9.17, 15) is 0 Å². The van der Waals surface area contributed by atoms with Crippen molar-refractivity contribution >= 4 is 11.8 Å². The predicted octanol–water partition coefficient (Wildman–Crippen LogP) is 0.905. The molecule has 0 aromatic carbocycles. The Bertz CT molecular complexity index is 246. The minimum absolute atomic E-state index is 0.361. The van der Waals surface area contributed by atoms with E-state index in [1.807, 2.05) is 6.26 Å². The van der Waals surface area contributed by atoms with E-state index in [0.717, 1.165) is 19.0 Å². The molecule has 0 unspecified atom stereocenters. The summed E-state index contributed by atoms with van der Waals surface area (Å²) in [6, 6.07) is 0. The molecule has 60 valence electrons. The van der Waals surface area contributed by atoms with Crippen molar-refractivity contribution in [2.24, 2.45) is 0 Å². The maximum Gasteiger partial charge on any atom is 0.285 e. The van der Waals surface area contributed by atoms with E-state index in [0.29, 0.717) is 11.1 Å². The first-order valence-corrected chi connectivity index (χ1v) is 4.58. The van der Waals surface area contributed by atoms with Crippen LogP contribution in [0.2, 0.25) is 0 Å². The summed E-state index contributed by atoms with van der Waals surface area (Å²) >= 11 is 1.46. The summed E-state index contributed by atoms with van der Waals surface area (Å²) in [6.07, 6.45) is 1.91. The zero-order valence-corrected chi connectivity index (χ0v) is 6.93. The number of nitrogens with zero attached hydrogens (tertiary/aromatic N) is 2. The van der Waals surface area contributed by atoms with Crippen LogP contribution in [0.5, 0.6) is 0 Å². The number of rotatable bonds is 2. The van der Waals surface area contributed by atoms with Crippen molar-refractivity contribution in [1.82, 2.24) is 10.1 Å². The zero-order chi connectivity index (χ0) is 7.68. The number of thioether (sulfide) groups is 1. The van der Waals surface area contributed by atoms with Gasteiger partial charge in [-0.25, -0.2) is 0 Å². The normalized spacial score (nSPS) is 18.3. The van der Waals surface area contributed by atoms with Gasteiger partial charge in [0.25, 0.3) is 5.22 Å². The molecule has 1 aliphatic rings. The molecule has 1 aromatic rings. The fourth-order valence-electron chi connectivity index (χ4n) is 0.854. The Morgan fingerprint density at radius 2 is 2.36 bits per heavy atom. The Hall–Kier alpha value is -0.550. The van der Waals surface area contributed by atoms with Gasteiger partial charge in [-0.1, -0.05) is 16.9 Å². The maximum atomic E-state index is 5.00. The van der Waals surface area contributed by atoms with E-state index in [1.165, 1.54) is 11.8 Å². The smallest absolute Gasteiger partial charge is 0.285 e. The number of hydrogen-bond donors (Lipinski definition) is 0. The Labute approximate surface area is 68.3 Å². The van der Waals surface area contributed by atoms with E-state index >= 15 is 0 Å². The van der Waals surface area contributed by atoms with Crippen LogP contribution in [0.15, 0.2) is 9.75 Å². The molecule has 1 aromatic heterocycles. The second-order valence-electron chi connectivity index (χ2n) is 2.36. The third-order valence-electron chi connectivity index (χ3n) is 1.60. The largest absolute Gasteiger partial charge is 0.380 e. The molecule has 0 radical (unpaired) electrons. The van der Waals surface area contributed by atoms with Crippen molar-refractivity contribution in [3.05, 3.63) is 5.82 Å². The monoisotopic (exact) mass is 172 g/mol. The fourth-order valence-corrected chi connectivity index (χ4v) is 1.15. The van der Waals surface area contributed by atoms with Crippen LogP contribution in [0, 0.1) is 0 Å². The predicted molar refractivity (Wildman–Crippen MR) is 39.6 cm³/mol. The highest BCUT2D eigenvalue weighted by Gasteiger charge is 2.25. The van der Waals surface area contributed by atoms with Gasteiger partial charge in [0.1, 0.15) is 0 Å². The number of ether oxygens (including phenoxy) is 1. The molecular weight excluding hydrogens is 164 g/mol. The lowest BCUT2D eigenvalue weighted by Crippen LogP contribution is -2.26. The van der Waals surface area contributed by atoms with Gasteiger partial charge in [-0.3, -0.25) is 0 Å². The molecule has 5 heteroatoms. The third-order valence-corrected chi connectivity index (χ3v) is 2.12. The van der Waals surface area contributed by atoms with Crippen molar-refractivity contribution in [3.63, 3.8) is 0 Å². The van der Waals surface area contributed by atoms with Crippen molar-refractivity contribution in [1.29, 1.82) is 0 Å². The van der Waals surface area contributed by atoms with Crippen LogP contribution in [-0.2, 0) is 4.74 Å². The summed E-state index contributed by atoms with van der Waals surface area (Å²) in [6.45, 7) is 1.46. The van der Waals surface area contributed by atoms with E-state index in [4.69, 9.17) is 9.26 Å². The minimum Gasteiger partial charge on any atom is -0.380 e. The summed E-state index contributed by atoms with van der Waals surface area (Å²) in [5.74, 6) is 1.14. The van der Waals surface area contributed by atoms with E-state index in [2.05, 4.69) is 10.1 Å². The lowest BCUT2D eigenvalue weighted by Gasteiger charge is -2.21. The van der Waals surface area contributed by atoms with Gasteiger partial charge < -0.3 is 9.26 Å². The fraction of sp³-hybridized carbons (Fsp3) is 0.667. The van der Waals surface area contributed by atoms with E-state index in [-0.39, 0.29) is 0 Å². The van der Waals surface area contributed by atoms with Gasteiger partial charge >= 0.3 is 0 Å². The molecule has 0 atom stereocenters. The highest BCUT2D eigenvalue weighted by atomic mass is 32.2. The van der Waals surface area contributed by atoms with Gasteiger partial charge in [0.2, 0.25) is 0 Å². The Morgan fingerprint density at radius 1 is 1.55 bits per heavy atom. The van der Waals surface area contributed by atoms with Gasteiger partial charge in [-0.15, -0.1) is 0 Å². The topological polar surface area (TPSA) is 48.2 Å². The standard InChI is InChI=1S/C6H8N2O2S/c1-11-6-7-5(8-10-6)4-2-9-3-4/h4H,2-3H2,1H3. The molecule has 11 heavy (non-hydrogen) atoms. The molecule has 1 fully saturated rings. The molecule has 0 amide bonds. The molecule has 2 heterocycles. The molecule has 2 rings (SSSR count). The van der Waals surface area contributed by atoms with Crippen LogP contribution in [-0.4, -0.2) is 29.6 Å². The van der Waals surface area contributed by atoms with Crippen molar-refractivity contribution in [2.75, 3.05) is 19.5 Å². The molecular formula is C6H8N2O2S. The van der Waals surface area contributed by atoms with Gasteiger partial charge in [-0.2, -0.15) is 4.98 Å². The average Bonchev–Trinajstić information content (AvgIpc) is 2.32. The average molecular weight is 172 g/mol. The minimum atomic E-state index is 0.361. The van der Waals surface area contributed by atoms with Crippen LogP contribution in [0.25, 0.3) is 0 Å². The van der Waals surface area contributed by atoms with Gasteiger partial charge in [-0.05, 0) is 6.26 Å². The SMILES string of the molecule is CSc1nc(C2COC2)no1. The van der Waals surface area contributed by atoms with E-state index in [1.54, 1.807) is 0 Å². The zero-order valence-electron chi connectivity index (χ0n) is 6.11. The van der Waals surface area contributed by atoms with E-state index < -0.39 is 0 Å². The molecule has 0 N–H and O–H groups in total. The second-order valence-corrected chi connectivity index (χ2v) is 3.11. The number of hydrogen-bond acceptors (Lipinski definition) is 5. The van der Waals surface area contributed by atoms with Crippen LogP contribution < -0.4 is 0 Å². The van der Waals surface area contributed by atoms with Crippen LogP contribution in [0.4, 0.5) is 0 Å². The Balaban J connectivity index is 2.11. The summed E-state index contributed by atoms with van der Waals surface area (Å²) in [5, 5.41) is 4.45. The summed E-state index contributed by atoms with van der Waals surface area (Å²) in [5.41, 5.74) is 0. The molecule has 1 saturated heterocycles. The van der Waals surface area contributed by atoms with Crippen molar-refractivity contribution in [3.8, 4) is 0 Å². The third kappa shape index (κ3) is 1.25. The molecule has 0 saturated carbocycles. The molecule has 0 bridgehead atoms. The van der Waals surface area contributed by atoms with Crippen molar-refractivity contribution < 1.29 is 9.26 Å². The molecule has 0 spiro atoms. The quantitative estimate of drug-likeness (QED) is 0.620. The Kier molecular flexibility index (Phi) is 1.83. The summed E-state index contributed by atoms with van der Waals surface area (Å²) < 4.78 is 9.92. The first kappa shape index (κ1) is 7.12. The first-order chi connectivity index (χ1) is 5.40. The summed E-state index contributed by atoms with van der Waals surface area (Å²) in [7, 11) is 0. The highest BCUT2D eigenvalue weighted by molar-refractivity contribution is 7.98. The van der Waals surface area contributed by atoms with Gasteiger partial charge in [0.05, 0.1) is 19.1 Å². The van der Waals surface area contributed by atoms with Crippen LogP contribution in [0.3, 0.4) is 0 Å². The highest BCUT2D eigenvalue weighted by Crippen LogP contribution is 2.22. The van der Waals surface area contributed by atoms with Crippen molar-refractivity contribution in [2.45, 2.75) is 11.1 Å². The maximum absolute atomic E-state index is 5.00. The lowest BCUT2D eigenvalue weighted by molar-refractivity contribution is 0.00403. The second kappa shape index (κ2) is 2.83. The molecule has 4 nitrogen and oxygen atoms in total. The summed E-state index contributed by atoms with van der Waals surface area (Å²) in [4.78, 5) is 4.16. The lowest BCUT2D eigenvalue weighted by atomic mass is 10.1. The molecule has 0 aliphatic carbocycles. The number of aromatic nitrogens is 2. The van der Waals surface area contributed by atoms with Gasteiger partial charge in [0, 0.05) is 0 Å². The van der Waals surface area contributed by atoms with Gasteiger partial charge in [0.15, 0.2) is 5.82 Å². The Morgan fingerprint density at radius 3 is 2.82 bits per heavy atom. The van der Waals surface area contributed by atoms with Crippen LogP contribution >= 0.6 is 11.8 Å². The van der Waals surface area contributed by atoms with Crippen LogP contribution in [0.1, 0.15) is 11.7 Å².